The third kappa shape index (κ3) is 4.84. The van der Waals surface area contributed by atoms with Crippen molar-refractivity contribution in [1.82, 2.24) is 15.0 Å². The summed E-state index contributed by atoms with van der Waals surface area (Å²) < 4.78 is 29.8. The van der Waals surface area contributed by atoms with Gasteiger partial charge in [-0.3, -0.25) is 14.6 Å². The predicted molar refractivity (Wildman–Crippen MR) is 120 cm³/mol. The van der Waals surface area contributed by atoms with Gasteiger partial charge in [-0.2, -0.15) is 0 Å². The van der Waals surface area contributed by atoms with Crippen molar-refractivity contribution in [2.75, 3.05) is 18.5 Å². The van der Waals surface area contributed by atoms with Crippen LogP contribution >= 0.6 is 0 Å². The van der Waals surface area contributed by atoms with Gasteiger partial charge in [0.05, 0.1) is 30.1 Å². The molecule has 0 aliphatic carbocycles. The molecule has 9 heteroatoms. The molecule has 0 atom stereocenters. The SMILES string of the molecule is Cc1ccc(Nc2c(C(=O)NOCCO)n(Cc3ccc(F)cc3)c3ccncc23)c(F)c1. The Labute approximate surface area is 188 Å². The number of pyridine rings is 1. The van der Waals surface area contributed by atoms with Crippen molar-refractivity contribution in [1.29, 1.82) is 0 Å². The Hall–Kier alpha value is -3.82. The van der Waals surface area contributed by atoms with Crippen molar-refractivity contribution in [2.45, 2.75) is 13.5 Å². The zero-order valence-corrected chi connectivity index (χ0v) is 17.8. The molecular formula is C24H22F2N4O3. The predicted octanol–water partition coefficient (Wildman–Crippen LogP) is 4.07. The molecule has 2 aromatic heterocycles. The summed E-state index contributed by atoms with van der Waals surface area (Å²) in [6, 6.07) is 12.4. The number of aliphatic hydroxyl groups is 1. The van der Waals surface area contributed by atoms with Crippen molar-refractivity contribution < 1.29 is 23.5 Å². The number of amides is 1. The normalized spacial score (nSPS) is 11.0. The number of rotatable bonds is 8. The summed E-state index contributed by atoms with van der Waals surface area (Å²) in [5.74, 6) is -1.44. The lowest BCUT2D eigenvalue weighted by Gasteiger charge is -2.14. The number of nitrogens with zero attached hydrogens (tertiary/aromatic N) is 2. The smallest absolute Gasteiger partial charge is 0.293 e. The van der Waals surface area contributed by atoms with Crippen LogP contribution in [-0.2, 0) is 11.4 Å². The number of aryl methyl sites for hydroxylation is 1. The van der Waals surface area contributed by atoms with E-state index in [4.69, 9.17) is 9.94 Å². The number of hydrogen-bond acceptors (Lipinski definition) is 5. The van der Waals surface area contributed by atoms with Crippen LogP contribution in [0.3, 0.4) is 0 Å². The van der Waals surface area contributed by atoms with Crippen molar-refractivity contribution >= 4 is 28.2 Å². The molecule has 33 heavy (non-hydrogen) atoms. The molecule has 0 aliphatic heterocycles. The highest BCUT2D eigenvalue weighted by Crippen LogP contribution is 2.34. The van der Waals surface area contributed by atoms with E-state index < -0.39 is 11.7 Å². The van der Waals surface area contributed by atoms with Gasteiger partial charge in [-0.05, 0) is 48.4 Å². The van der Waals surface area contributed by atoms with Crippen LogP contribution in [0.4, 0.5) is 20.2 Å². The summed E-state index contributed by atoms with van der Waals surface area (Å²) in [6.07, 6.45) is 3.17. The van der Waals surface area contributed by atoms with Gasteiger partial charge < -0.3 is 15.0 Å². The van der Waals surface area contributed by atoms with Crippen LogP contribution in [0.2, 0.25) is 0 Å². The minimum atomic E-state index is -0.600. The Balaban J connectivity index is 1.86. The van der Waals surface area contributed by atoms with E-state index in [0.717, 1.165) is 11.1 Å². The van der Waals surface area contributed by atoms with Crippen LogP contribution in [0, 0.1) is 18.6 Å². The van der Waals surface area contributed by atoms with E-state index in [1.165, 1.54) is 18.2 Å². The highest BCUT2D eigenvalue weighted by Gasteiger charge is 2.24. The molecule has 0 aliphatic rings. The van der Waals surface area contributed by atoms with E-state index in [1.807, 2.05) is 0 Å². The Morgan fingerprint density at radius 3 is 2.67 bits per heavy atom. The van der Waals surface area contributed by atoms with Gasteiger partial charge in [0, 0.05) is 24.3 Å². The fourth-order valence-corrected chi connectivity index (χ4v) is 3.56. The summed E-state index contributed by atoms with van der Waals surface area (Å²) >= 11 is 0. The fraction of sp³-hybridized carbons (Fsp3) is 0.167. The van der Waals surface area contributed by atoms with E-state index in [1.54, 1.807) is 54.2 Å². The molecular weight excluding hydrogens is 430 g/mol. The molecule has 2 heterocycles. The van der Waals surface area contributed by atoms with Crippen LogP contribution in [-0.4, -0.2) is 33.8 Å². The number of anilines is 2. The number of hydroxylamine groups is 1. The minimum Gasteiger partial charge on any atom is -0.394 e. The number of benzene rings is 2. The second-order valence-electron chi connectivity index (χ2n) is 7.44. The number of aromatic nitrogens is 2. The van der Waals surface area contributed by atoms with Crippen LogP contribution < -0.4 is 10.8 Å². The summed E-state index contributed by atoms with van der Waals surface area (Å²) in [6.45, 7) is 1.65. The highest BCUT2D eigenvalue weighted by atomic mass is 19.1. The number of carbonyl (C=O) groups excluding carboxylic acids is 1. The average molecular weight is 452 g/mol. The third-order valence-electron chi connectivity index (χ3n) is 5.08. The first-order valence-corrected chi connectivity index (χ1v) is 10.2. The molecule has 1 amide bonds. The minimum absolute atomic E-state index is 0.0964. The molecule has 0 spiro atoms. The van der Waals surface area contributed by atoms with Gasteiger partial charge in [-0.25, -0.2) is 14.3 Å². The maximum Gasteiger partial charge on any atom is 0.293 e. The molecule has 4 rings (SSSR count). The fourth-order valence-electron chi connectivity index (χ4n) is 3.56. The average Bonchev–Trinajstić information content (AvgIpc) is 3.10. The summed E-state index contributed by atoms with van der Waals surface area (Å²) in [4.78, 5) is 22.3. The van der Waals surface area contributed by atoms with Crippen molar-refractivity contribution in [3.8, 4) is 0 Å². The lowest BCUT2D eigenvalue weighted by molar-refractivity contribution is 0.0163. The van der Waals surface area contributed by atoms with E-state index in [9.17, 15) is 13.6 Å². The van der Waals surface area contributed by atoms with Gasteiger partial charge in [0.2, 0.25) is 0 Å². The number of fused-ring (bicyclic) bond motifs is 1. The first-order valence-electron chi connectivity index (χ1n) is 10.2. The van der Waals surface area contributed by atoms with Gasteiger partial charge in [0.15, 0.2) is 0 Å². The van der Waals surface area contributed by atoms with Crippen LogP contribution in [0.5, 0.6) is 0 Å². The standard InChI is InChI=1S/C24H22F2N4O3/c1-15-2-7-20(19(26)12-15)28-22-18-13-27-9-8-21(18)30(14-16-3-5-17(25)6-4-16)23(22)24(32)29-33-11-10-31/h2-9,12-13,28,31H,10-11,14H2,1H3,(H,29,32). The molecule has 7 nitrogen and oxygen atoms in total. The van der Waals surface area contributed by atoms with E-state index in [-0.39, 0.29) is 37.0 Å². The monoisotopic (exact) mass is 452 g/mol. The lowest BCUT2D eigenvalue weighted by Crippen LogP contribution is -2.28. The zero-order valence-electron chi connectivity index (χ0n) is 17.8. The van der Waals surface area contributed by atoms with Crippen molar-refractivity contribution in [2.24, 2.45) is 0 Å². The molecule has 0 bridgehead atoms. The molecule has 2 aromatic carbocycles. The van der Waals surface area contributed by atoms with Crippen LogP contribution in [0.25, 0.3) is 10.9 Å². The molecule has 0 saturated heterocycles. The second-order valence-corrected chi connectivity index (χ2v) is 7.44. The van der Waals surface area contributed by atoms with Gasteiger partial charge in [-0.15, -0.1) is 0 Å². The third-order valence-corrected chi connectivity index (χ3v) is 5.08. The molecule has 0 radical (unpaired) electrons. The molecule has 170 valence electrons. The Kier molecular flexibility index (Phi) is 6.62. The maximum atomic E-state index is 14.6. The summed E-state index contributed by atoms with van der Waals surface area (Å²) in [5.41, 5.74) is 5.19. The first-order chi connectivity index (χ1) is 16.0. The first kappa shape index (κ1) is 22.4. The Morgan fingerprint density at radius 2 is 1.94 bits per heavy atom. The van der Waals surface area contributed by atoms with Gasteiger partial charge in [0.1, 0.15) is 17.3 Å². The molecule has 0 saturated carbocycles. The largest absolute Gasteiger partial charge is 0.394 e. The number of nitrogens with one attached hydrogen (secondary N) is 2. The van der Waals surface area contributed by atoms with Crippen LogP contribution in [0.1, 0.15) is 21.6 Å². The molecule has 3 N–H and O–H groups in total. The highest BCUT2D eigenvalue weighted by molar-refractivity contribution is 6.09. The van der Waals surface area contributed by atoms with E-state index in [0.29, 0.717) is 16.6 Å². The Bertz CT molecular complexity index is 1290. The van der Waals surface area contributed by atoms with Gasteiger partial charge in [-0.1, -0.05) is 18.2 Å². The number of hydrogen-bond donors (Lipinski definition) is 3. The van der Waals surface area contributed by atoms with Crippen LogP contribution in [0.15, 0.2) is 60.9 Å². The number of halogens is 2. The maximum absolute atomic E-state index is 14.6. The summed E-state index contributed by atoms with van der Waals surface area (Å²) in [7, 11) is 0. The van der Waals surface area contributed by atoms with E-state index in [2.05, 4.69) is 15.8 Å². The zero-order chi connectivity index (χ0) is 23.4. The topological polar surface area (TPSA) is 88.4 Å². The van der Waals surface area contributed by atoms with Crippen molar-refractivity contribution in [3.05, 3.63) is 89.4 Å². The molecule has 0 unspecified atom stereocenters. The van der Waals surface area contributed by atoms with Gasteiger partial charge >= 0.3 is 0 Å². The lowest BCUT2D eigenvalue weighted by atomic mass is 10.2. The summed E-state index contributed by atoms with van der Waals surface area (Å²) in [5, 5.41) is 12.6. The number of carbonyl (C=O) groups is 1. The number of aliphatic hydroxyl groups excluding tert-OH is 1. The second kappa shape index (κ2) is 9.76. The van der Waals surface area contributed by atoms with Gasteiger partial charge in [0.25, 0.3) is 5.91 Å². The quantitative estimate of drug-likeness (QED) is 0.277. The van der Waals surface area contributed by atoms with E-state index >= 15 is 0 Å². The molecule has 0 fully saturated rings. The van der Waals surface area contributed by atoms with Crippen molar-refractivity contribution in [3.63, 3.8) is 0 Å². The Morgan fingerprint density at radius 1 is 1.15 bits per heavy atom. The molecule has 4 aromatic rings.